The number of hydrogen-bond acceptors (Lipinski definition) is 4. The van der Waals surface area contributed by atoms with Crippen molar-refractivity contribution in [2.24, 2.45) is 0 Å². The van der Waals surface area contributed by atoms with Gasteiger partial charge in [-0.15, -0.1) is 0 Å². The molecule has 1 aromatic carbocycles. The first-order valence-electron chi connectivity index (χ1n) is 9.17. The molecule has 0 unspecified atom stereocenters. The summed E-state index contributed by atoms with van der Waals surface area (Å²) in [6.45, 7) is 2.41. The highest BCUT2D eigenvalue weighted by molar-refractivity contribution is 6.30. The molecule has 6 nitrogen and oxygen atoms in total. The van der Waals surface area contributed by atoms with E-state index in [-0.39, 0.29) is 12.3 Å². The number of rotatable bonds is 8. The van der Waals surface area contributed by atoms with Crippen molar-refractivity contribution in [2.75, 3.05) is 0 Å². The summed E-state index contributed by atoms with van der Waals surface area (Å²) in [6.07, 6.45) is 4.27. The predicted molar refractivity (Wildman–Crippen MR) is 108 cm³/mol. The molecule has 7 heteroatoms. The highest BCUT2D eigenvalue weighted by atomic mass is 35.5. The number of aliphatic hydroxyl groups is 1. The quantitative estimate of drug-likeness (QED) is 0.593. The molecule has 0 aliphatic heterocycles. The third kappa shape index (κ3) is 4.24. The zero-order valence-corrected chi connectivity index (χ0v) is 16.4. The molecule has 0 saturated carbocycles. The first kappa shape index (κ1) is 20.0. The molecule has 146 valence electrons. The van der Waals surface area contributed by atoms with Gasteiger partial charge in [0.05, 0.1) is 12.3 Å². The Hall–Kier alpha value is -2.70. The van der Waals surface area contributed by atoms with Crippen LogP contribution < -0.4 is 0 Å². The predicted octanol–water partition coefficient (Wildman–Crippen LogP) is 4.18. The molecule has 2 heterocycles. The van der Waals surface area contributed by atoms with E-state index in [1.807, 2.05) is 28.8 Å². The Morgan fingerprint density at radius 2 is 2.07 bits per heavy atom. The number of aryl methyl sites for hydroxylation is 1. The van der Waals surface area contributed by atoms with E-state index in [0.29, 0.717) is 23.0 Å². The molecule has 0 aliphatic carbocycles. The minimum absolute atomic E-state index is 0.0185. The van der Waals surface area contributed by atoms with Crippen LogP contribution in [-0.4, -0.2) is 30.7 Å². The highest BCUT2D eigenvalue weighted by Gasteiger charge is 2.16. The van der Waals surface area contributed by atoms with Crippen LogP contribution >= 0.6 is 11.6 Å². The summed E-state index contributed by atoms with van der Waals surface area (Å²) < 4.78 is 1.94. The number of carboxylic acids is 1. The molecule has 0 fully saturated rings. The average molecular weight is 400 g/mol. The molecule has 0 amide bonds. The van der Waals surface area contributed by atoms with Crippen molar-refractivity contribution in [1.82, 2.24) is 14.5 Å². The lowest BCUT2D eigenvalue weighted by molar-refractivity contribution is 0.0691. The molecule has 0 atom stereocenters. The highest BCUT2D eigenvalue weighted by Crippen LogP contribution is 2.25. The van der Waals surface area contributed by atoms with Crippen molar-refractivity contribution in [3.63, 3.8) is 0 Å². The third-order valence-corrected chi connectivity index (χ3v) is 4.90. The summed E-state index contributed by atoms with van der Waals surface area (Å²) in [5.74, 6) is -0.222. The first-order chi connectivity index (χ1) is 13.5. The first-order valence-corrected chi connectivity index (χ1v) is 9.55. The number of carbonyl (C=O) groups is 1. The van der Waals surface area contributed by atoms with Crippen LogP contribution in [0.5, 0.6) is 0 Å². The molecule has 3 aromatic rings. The molecular weight excluding hydrogens is 378 g/mol. The van der Waals surface area contributed by atoms with Gasteiger partial charge in [0.2, 0.25) is 0 Å². The summed E-state index contributed by atoms with van der Waals surface area (Å²) in [4.78, 5) is 19.9. The van der Waals surface area contributed by atoms with Crippen molar-refractivity contribution >= 4 is 17.6 Å². The van der Waals surface area contributed by atoms with Crippen LogP contribution in [0.2, 0.25) is 5.15 Å². The van der Waals surface area contributed by atoms with Crippen LogP contribution in [0.3, 0.4) is 0 Å². The van der Waals surface area contributed by atoms with E-state index in [2.05, 4.69) is 16.9 Å². The smallest absolute Gasteiger partial charge is 0.355 e. The number of aromatic carboxylic acids is 1. The van der Waals surface area contributed by atoms with Gasteiger partial charge < -0.3 is 14.8 Å². The van der Waals surface area contributed by atoms with E-state index >= 15 is 0 Å². The van der Waals surface area contributed by atoms with Gasteiger partial charge in [0.15, 0.2) is 10.8 Å². The molecule has 0 radical (unpaired) electrons. The van der Waals surface area contributed by atoms with E-state index in [4.69, 9.17) is 11.6 Å². The van der Waals surface area contributed by atoms with Gasteiger partial charge in [-0.25, -0.2) is 14.8 Å². The molecule has 2 aromatic heterocycles. The minimum atomic E-state index is -1.06. The van der Waals surface area contributed by atoms with E-state index in [0.717, 1.165) is 36.2 Å². The van der Waals surface area contributed by atoms with Gasteiger partial charge in [-0.05, 0) is 29.7 Å². The largest absolute Gasteiger partial charge is 0.476 e. The average Bonchev–Trinajstić information content (AvgIpc) is 3.00. The number of halogens is 1. The van der Waals surface area contributed by atoms with Gasteiger partial charge in [0, 0.05) is 24.7 Å². The summed E-state index contributed by atoms with van der Waals surface area (Å²) >= 11 is 6.21. The Labute approximate surface area is 168 Å². The topological polar surface area (TPSA) is 88.2 Å². The number of aromatic nitrogens is 3. The van der Waals surface area contributed by atoms with Crippen molar-refractivity contribution in [1.29, 1.82) is 0 Å². The fraction of sp³-hybridized carbons (Fsp3) is 0.286. The van der Waals surface area contributed by atoms with E-state index in [9.17, 15) is 15.0 Å². The lowest BCUT2D eigenvalue weighted by Crippen LogP contribution is -2.09. The van der Waals surface area contributed by atoms with Gasteiger partial charge in [-0.3, -0.25) is 0 Å². The standard InChI is InChI=1S/C21H22ClN3O3/c1-2-3-9-18-24-20(22)17(13-26)25(18)12-14-6-4-7-15(11-14)16-8-5-10-23-19(16)21(27)28/h4-8,10-11,26H,2-3,9,12-13H2,1H3,(H,27,28). The van der Waals surface area contributed by atoms with Gasteiger partial charge >= 0.3 is 5.97 Å². The second-order valence-electron chi connectivity index (χ2n) is 6.52. The molecule has 3 rings (SSSR count). The second kappa shape index (κ2) is 8.99. The normalized spacial score (nSPS) is 11.0. The molecule has 2 N–H and O–H groups in total. The molecular formula is C21H22ClN3O3. The molecule has 0 bridgehead atoms. The molecule has 0 spiro atoms. The maximum absolute atomic E-state index is 11.5. The van der Waals surface area contributed by atoms with Crippen molar-refractivity contribution in [3.05, 3.63) is 70.5 Å². The van der Waals surface area contributed by atoms with E-state index in [1.54, 1.807) is 12.1 Å². The molecule has 28 heavy (non-hydrogen) atoms. The van der Waals surface area contributed by atoms with Crippen LogP contribution in [-0.2, 0) is 19.6 Å². The zero-order valence-electron chi connectivity index (χ0n) is 15.6. The third-order valence-electron chi connectivity index (χ3n) is 4.60. The number of carboxylic acid groups (broad SMARTS) is 1. The Morgan fingerprint density at radius 3 is 2.79 bits per heavy atom. The van der Waals surface area contributed by atoms with Gasteiger partial charge in [-0.1, -0.05) is 49.2 Å². The maximum Gasteiger partial charge on any atom is 0.355 e. The Bertz CT molecular complexity index is 985. The zero-order chi connectivity index (χ0) is 20.1. The number of imidazole rings is 1. The summed E-state index contributed by atoms with van der Waals surface area (Å²) in [6, 6.07) is 11.1. The van der Waals surface area contributed by atoms with E-state index in [1.165, 1.54) is 6.20 Å². The SMILES string of the molecule is CCCCc1nc(Cl)c(CO)n1Cc1cccc(-c2cccnc2C(=O)O)c1. The fourth-order valence-corrected chi connectivity index (χ4v) is 3.46. The Kier molecular flexibility index (Phi) is 6.44. The van der Waals surface area contributed by atoms with Gasteiger partial charge in [0.25, 0.3) is 0 Å². The summed E-state index contributed by atoms with van der Waals surface area (Å²) in [7, 11) is 0. The monoisotopic (exact) mass is 399 g/mol. The molecule has 0 saturated heterocycles. The maximum atomic E-state index is 11.5. The number of hydrogen-bond donors (Lipinski definition) is 2. The number of nitrogens with zero attached hydrogens (tertiary/aromatic N) is 3. The van der Waals surface area contributed by atoms with Crippen LogP contribution in [0.4, 0.5) is 0 Å². The van der Waals surface area contributed by atoms with E-state index < -0.39 is 5.97 Å². The van der Waals surface area contributed by atoms with Crippen LogP contribution in [0, 0.1) is 0 Å². The number of benzene rings is 1. The summed E-state index contributed by atoms with van der Waals surface area (Å²) in [5.41, 5.74) is 2.90. The molecule has 0 aliphatic rings. The Morgan fingerprint density at radius 1 is 1.25 bits per heavy atom. The van der Waals surface area contributed by atoms with Crippen LogP contribution in [0.15, 0.2) is 42.6 Å². The van der Waals surface area contributed by atoms with Crippen LogP contribution in [0.1, 0.15) is 47.3 Å². The fourth-order valence-electron chi connectivity index (χ4n) is 3.20. The number of aliphatic hydroxyl groups excluding tert-OH is 1. The Balaban J connectivity index is 1.98. The minimum Gasteiger partial charge on any atom is -0.476 e. The number of unbranched alkanes of at least 4 members (excludes halogenated alkanes) is 1. The van der Waals surface area contributed by atoms with Crippen molar-refractivity contribution < 1.29 is 15.0 Å². The van der Waals surface area contributed by atoms with Crippen molar-refractivity contribution in [2.45, 2.75) is 39.3 Å². The lowest BCUT2D eigenvalue weighted by Gasteiger charge is -2.13. The van der Waals surface area contributed by atoms with Gasteiger partial charge in [-0.2, -0.15) is 0 Å². The summed E-state index contributed by atoms with van der Waals surface area (Å²) in [5, 5.41) is 19.5. The second-order valence-corrected chi connectivity index (χ2v) is 6.88. The lowest BCUT2D eigenvalue weighted by atomic mass is 10.0. The van der Waals surface area contributed by atoms with Gasteiger partial charge in [0.1, 0.15) is 5.82 Å². The number of pyridine rings is 1. The van der Waals surface area contributed by atoms with Crippen molar-refractivity contribution in [3.8, 4) is 11.1 Å². The van der Waals surface area contributed by atoms with Crippen LogP contribution in [0.25, 0.3) is 11.1 Å².